The first kappa shape index (κ1) is 6.22. The third-order valence-electron chi connectivity index (χ3n) is 1.79. The first-order chi connectivity index (χ1) is 5.27. The quantitative estimate of drug-likeness (QED) is 0.520. The summed E-state index contributed by atoms with van der Waals surface area (Å²) in [6.07, 6.45) is 0.516. The molecule has 0 atom stereocenters. The molecule has 0 saturated heterocycles. The van der Waals surface area contributed by atoms with Crippen LogP contribution in [0.5, 0.6) is 5.75 Å². The van der Waals surface area contributed by atoms with Gasteiger partial charge in [0.05, 0.1) is 0 Å². The lowest BCUT2D eigenvalue weighted by atomic mass is 10.1. The third kappa shape index (κ3) is 0.852. The van der Waals surface area contributed by atoms with Crippen molar-refractivity contribution in [2.45, 2.75) is 6.42 Å². The zero-order valence-electron chi connectivity index (χ0n) is 5.89. The van der Waals surface area contributed by atoms with Crippen LogP contribution >= 0.6 is 0 Å². The van der Waals surface area contributed by atoms with Gasteiger partial charge in [-0.15, -0.1) is 0 Å². The van der Waals surface area contributed by atoms with Gasteiger partial charge in [0.25, 0.3) is 0 Å². The maximum atomic E-state index is 9.31. The van der Waals surface area contributed by atoms with E-state index in [-0.39, 0.29) is 5.75 Å². The molecular weight excluding hydrogens is 140 g/mol. The molecule has 2 rings (SSSR count). The lowest BCUT2D eigenvalue weighted by Crippen LogP contribution is -2.02. The first-order valence-electron chi connectivity index (χ1n) is 3.42. The summed E-state index contributed by atoms with van der Waals surface area (Å²) in [7, 11) is 0. The molecule has 3 nitrogen and oxygen atoms in total. The van der Waals surface area contributed by atoms with Crippen molar-refractivity contribution in [1.82, 2.24) is 0 Å². The van der Waals surface area contributed by atoms with Crippen molar-refractivity contribution in [3.8, 4) is 5.75 Å². The molecule has 1 aromatic carbocycles. The van der Waals surface area contributed by atoms with Crippen molar-refractivity contribution in [1.29, 1.82) is 5.41 Å². The van der Waals surface area contributed by atoms with E-state index in [0.717, 1.165) is 11.3 Å². The van der Waals surface area contributed by atoms with Crippen LogP contribution in [0.3, 0.4) is 0 Å². The van der Waals surface area contributed by atoms with Crippen molar-refractivity contribution in [2.24, 2.45) is 0 Å². The summed E-state index contributed by atoms with van der Waals surface area (Å²) in [4.78, 5) is 0. The summed E-state index contributed by atoms with van der Waals surface area (Å²) in [5.41, 5.74) is 1.69. The van der Waals surface area contributed by atoms with Crippen molar-refractivity contribution in [3.05, 3.63) is 23.8 Å². The number of fused-ring (bicyclic) bond motifs is 1. The number of phenols is 1. The van der Waals surface area contributed by atoms with Crippen LogP contribution in [0, 0.1) is 5.41 Å². The highest BCUT2D eigenvalue weighted by atomic mass is 16.3. The molecule has 11 heavy (non-hydrogen) atoms. The van der Waals surface area contributed by atoms with Gasteiger partial charge < -0.3 is 10.4 Å². The molecule has 0 bridgehead atoms. The van der Waals surface area contributed by atoms with Crippen LogP contribution in [-0.2, 0) is 6.42 Å². The van der Waals surface area contributed by atoms with Gasteiger partial charge in [0, 0.05) is 17.7 Å². The van der Waals surface area contributed by atoms with Crippen LogP contribution in [0.2, 0.25) is 0 Å². The van der Waals surface area contributed by atoms with Gasteiger partial charge in [-0.1, -0.05) is 6.07 Å². The van der Waals surface area contributed by atoms with Gasteiger partial charge in [-0.2, -0.15) is 0 Å². The number of nitrogens with one attached hydrogen (secondary N) is 2. The molecule has 0 radical (unpaired) electrons. The molecule has 1 heterocycles. The van der Waals surface area contributed by atoms with Crippen LogP contribution in [0.4, 0.5) is 5.69 Å². The van der Waals surface area contributed by atoms with Gasteiger partial charge >= 0.3 is 0 Å². The maximum Gasteiger partial charge on any atom is 0.121 e. The molecule has 0 spiro atoms. The minimum atomic E-state index is 0.275. The molecule has 0 unspecified atom stereocenters. The Labute approximate surface area is 64.2 Å². The third-order valence-corrected chi connectivity index (χ3v) is 1.79. The van der Waals surface area contributed by atoms with E-state index in [2.05, 4.69) is 5.32 Å². The fraction of sp³-hybridized carbons (Fsp3) is 0.125. The Hall–Kier alpha value is -1.51. The molecule has 0 aromatic heterocycles. The van der Waals surface area contributed by atoms with Gasteiger partial charge in [-0.25, -0.2) is 0 Å². The standard InChI is InChI=1S/C8H8N2O/c9-8-4-5-6(10-8)2-1-3-7(5)11/h1-3,11H,4H2,(H2,9,10). The Morgan fingerprint density at radius 2 is 2.27 bits per heavy atom. The highest BCUT2D eigenvalue weighted by molar-refractivity contribution is 6.01. The van der Waals surface area contributed by atoms with E-state index in [1.54, 1.807) is 12.1 Å². The summed E-state index contributed by atoms with van der Waals surface area (Å²) in [6.45, 7) is 0. The molecule has 0 fully saturated rings. The van der Waals surface area contributed by atoms with E-state index >= 15 is 0 Å². The Morgan fingerprint density at radius 1 is 1.45 bits per heavy atom. The Morgan fingerprint density at radius 3 is 3.00 bits per heavy atom. The highest BCUT2D eigenvalue weighted by Gasteiger charge is 2.16. The molecule has 0 aliphatic carbocycles. The predicted molar refractivity (Wildman–Crippen MR) is 43.2 cm³/mol. The lowest BCUT2D eigenvalue weighted by Gasteiger charge is -1.98. The van der Waals surface area contributed by atoms with Crippen LogP contribution in [0.15, 0.2) is 18.2 Å². The minimum Gasteiger partial charge on any atom is -0.508 e. The number of aromatic hydroxyl groups is 1. The van der Waals surface area contributed by atoms with Gasteiger partial charge in [-0.3, -0.25) is 5.41 Å². The number of phenolic OH excluding ortho intramolecular Hbond substituents is 1. The number of hydrogen-bond donors (Lipinski definition) is 3. The molecule has 1 aliphatic rings. The average molecular weight is 148 g/mol. The van der Waals surface area contributed by atoms with E-state index < -0.39 is 0 Å². The van der Waals surface area contributed by atoms with Gasteiger partial charge in [0.15, 0.2) is 0 Å². The molecule has 0 amide bonds. The summed E-state index contributed by atoms with van der Waals surface area (Å²) in [5.74, 6) is 0.721. The second-order valence-electron chi connectivity index (χ2n) is 2.58. The minimum absolute atomic E-state index is 0.275. The van der Waals surface area contributed by atoms with E-state index in [0.29, 0.717) is 12.3 Å². The van der Waals surface area contributed by atoms with Gasteiger partial charge in [0.2, 0.25) is 0 Å². The number of amidine groups is 1. The maximum absolute atomic E-state index is 9.31. The van der Waals surface area contributed by atoms with E-state index in [1.165, 1.54) is 0 Å². The highest BCUT2D eigenvalue weighted by Crippen LogP contribution is 2.30. The molecule has 56 valence electrons. The summed E-state index contributed by atoms with van der Waals surface area (Å²) in [5, 5.41) is 19.5. The summed E-state index contributed by atoms with van der Waals surface area (Å²) >= 11 is 0. The van der Waals surface area contributed by atoms with Gasteiger partial charge in [-0.05, 0) is 12.1 Å². The topological polar surface area (TPSA) is 56.1 Å². The van der Waals surface area contributed by atoms with Crippen LogP contribution in [0.25, 0.3) is 0 Å². The van der Waals surface area contributed by atoms with Gasteiger partial charge in [0.1, 0.15) is 11.6 Å². The lowest BCUT2D eigenvalue weighted by molar-refractivity contribution is 0.471. The number of anilines is 1. The second kappa shape index (κ2) is 1.99. The zero-order valence-corrected chi connectivity index (χ0v) is 5.89. The average Bonchev–Trinajstić information content (AvgIpc) is 2.31. The second-order valence-corrected chi connectivity index (χ2v) is 2.58. The Kier molecular flexibility index (Phi) is 1.12. The Bertz CT molecular complexity index is 320. The number of rotatable bonds is 0. The summed E-state index contributed by atoms with van der Waals surface area (Å²) in [6, 6.07) is 5.26. The van der Waals surface area contributed by atoms with Crippen LogP contribution in [0.1, 0.15) is 5.56 Å². The van der Waals surface area contributed by atoms with Crippen molar-refractivity contribution in [3.63, 3.8) is 0 Å². The molecule has 3 N–H and O–H groups in total. The predicted octanol–water partition coefficient (Wildman–Crippen LogP) is 1.34. The van der Waals surface area contributed by atoms with Crippen LogP contribution < -0.4 is 5.32 Å². The monoisotopic (exact) mass is 148 g/mol. The first-order valence-corrected chi connectivity index (χ1v) is 3.42. The molecule has 0 saturated carbocycles. The number of benzene rings is 1. The van der Waals surface area contributed by atoms with E-state index in [4.69, 9.17) is 5.41 Å². The molecular formula is C8H8N2O. The number of hydrogen-bond acceptors (Lipinski definition) is 2. The van der Waals surface area contributed by atoms with Crippen molar-refractivity contribution in [2.75, 3.05) is 5.32 Å². The smallest absolute Gasteiger partial charge is 0.121 e. The zero-order chi connectivity index (χ0) is 7.84. The fourth-order valence-corrected chi connectivity index (χ4v) is 1.26. The van der Waals surface area contributed by atoms with Crippen LogP contribution in [-0.4, -0.2) is 10.9 Å². The Balaban J connectivity index is 2.57. The summed E-state index contributed by atoms with van der Waals surface area (Å²) < 4.78 is 0. The SMILES string of the molecule is N=C1Cc2c(O)cccc2N1. The molecule has 3 heteroatoms. The van der Waals surface area contributed by atoms with E-state index in [9.17, 15) is 5.11 Å². The molecule has 1 aromatic rings. The van der Waals surface area contributed by atoms with Crippen molar-refractivity contribution >= 4 is 11.5 Å². The fourth-order valence-electron chi connectivity index (χ4n) is 1.26. The van der Waals surface area contributed by atoms with Crippen molar-refractivity contribution < 1.29 is 5.11 Å². The normalized spacial score (nSPS) is 14.4. The molecule has 1 aliphatic heterocycles. The van der Waals surface area contributed by atoms with E-state index in [1.807, 2.05) is 6.07 Å². The largest absolute Gasteiger partial charge is 0.508 e.